The first-order valence-electron chi connectivity index (χ1n) is 8.06. The van der Waals surface area contributed by atoms with E-state index in [1.807, 2.05) is 26.8 Å². The number of amides is 2. The molecule has 0 saturated carbocycles. The van der Waals surface area contributed by atoms with Gasteiger partial charge in [0, 0.05) is 18.0 Å². The van der Waals surface area contributed by atoms with Gasteiger partial charge in [-0.25, -0.2) is 0 Å². The first-order valence-corrected chi connectivity index (χ1v) is 8.06. The molecule has 0 radical (unpaired) electrons. The fourth-order valence-corrected chi connectivity index (χ4v) is 3.58. The van der Waals surface area contributed by atoms with E-state index in [-0.39, 0.29) is 11.8 Å². The lowest BCUT2D eigenvalue weighted by atomic mass is 9.87. The predicted molar refractivity (Wildman–Crippen MR) is 93.2 cm³/mol. The van der Waals surface area contributed by atoms with Crippen molar-refractivity contribution in [2.45, 2.75) is 45.5 Å². The van der Waals surface area contributed by atoms with Gasteiger partial charge >= 0.3 is 0 Å². The lowest BCUT2D eigenvalue weighted by molar-refractivity contribution is -0.134. The molecule has 1 unspecified atom stereocenters. The van der Waals surface area contributed by atoms with Crippen molar-refractivity contribution in [2.24, 2.45) is 5.41 Å². The van der Waals surface area contributed by atoms with Crippen molar-refractivity contribution in [3.8, 4) is 0 Å². The van der Waals surface area contributed by atoms with E-state index in [1.54, 1.807) is 31.3 Å². The topological polar surface area (TPSA) is 60.9 Å². The number of likely N-dealkylation sites (N-methyl/N-ethyl adjacent to an activating group) is 1. The SMILES string of the molecule is C=C[C@]1(C(C)O)C(=O)N(C)[C@H](C(C)(C)C)N1C(=O)c1ccccc1. The Kier molecular flexibility index (Phi) is 4.59. The monoisotopic (exact) mass is 330 g/mol. The first kappa shape index (κ1) is 18.2. The molecule has 1 N–H and O–H groups in total. The summed E-state index contributed by atoms with van der Waals surface area (Å²) in [5.41, 5.74) is -1.39. The lowest BCUT2D eigenvalue weighted by Crippen LogP contribution is -2.60. The predicted octanol–water partition coefficient (Wildman–Crippen LogP) is 2.28. The molecule has 5 nitrogen and oxygen atoms in total. The van der Waals surface area contributed by atoms with Crippen molar-refractivity contribution < 1.29 is 14.7 Å². The average Bonchev–Trinajstić information content (AvgIpc) is 2.76. The lowest BCUT2D eigenvalue weighted by Gasteiger charge is -2.42. The summed E-state index contributed by atoms with van der Waals surface area (Å²) in [5, 5.41) is 10.4. The van der Waals surface area contributed by atoms with Gasteiger partial charge in [-0.3, -0.25) is 14.5 Å². The van der Waals surface area contributed by atoms with Gasteiger partial charge in [0.25, 0.3) is 11.8 Å². The molecule has 0 bridgehead atoms. The summed E-state index contributed by atoms with van der Waals surface area (Å²) in [7, 11) is 1.66. The van der Waals surface area contributed by atoms with Crippen LogP contribution in [0, 0.1) is 5.41 Å². The first-order chi connectivity index (χ1) is 11.1. The normalized spacial score (nSPS) is 25.8. The minimum absolute atomic E-state index is 0.297. The van der Waals surface area contributed by atoms with Crippen LogP contribution in [-0.4, -0.2) is 51.6 Å². The number of rotatable bonds is 3. The molecule has 130 valence electrons. The van der Waals surface area contributed by atoms with Crippen molar-refractivity contribution in [1.29, 1.82) is 0 Å². The Hall–Kier alpha value is -2.14. The zero-order chi connectivity index (χ0) is 18.3. The minimum atomic E-state index is -1.47. The van der Waals surface area contributed by atoms with Crippen LogP contribution in [0.3, 0.4) is 0 Å². The van der Waals surface area contributed by atoms with Crippen molar-refractivity contribution in [3.05, 3.63) is 48.6 Å². The number of nitrogens with zero attached hydrogens (tertiary/aromatic N) is 2. The Morgan fingerprint density at radius 3 is 2.29 bits per heavy atom. The highest BCUT2D eigenvalue weighted by molar-refractivity contribution is 6.03. The summed E-state index contributed by atoms with van der Waals surface area (Å²) < 4.78 is 0. The van der Waals surface area contributed by atoms with E-state index in [2.05, 4.69) is 6.58 Å². The van der Waals surface area contributed by atoms with Crippen LogP contribution in [0.15, 0.2) is 43.0 Å². The van der Waals surface area contributed by atoms with Crippen LogP contribution in [0.2, 0.25) is 0 Å². The third-order valence-electron chi connectivity index (χ3n) is 4.64. The highest BCUT2D eigenvalue weighted by atomic mass is 16.3. The van der Waals surface area contributed by atoms with Crippen LogP contribution in [0.1, 0.15) is 38.1 Å². The number of aliphatic hydroxyl groups is 1. The van der Waals surface area contributed by atoms with Gasteiger partial charge in [-0.05, 0) is 19.1 Å². The Labute approximate surface area is 143 Å². The Bertz CT molecular complexity index is 648. The second kappa shape index (κ2) is 6.06. The van der Waals surface area contributed by atoms with Crippen molar-refractivity contribution in [2.75, 3.05) is 7.05 Å². The maximum Gasteiger partial charge on any atom is 0.256 e. The molecule has 24 heavy (non-hydrogen) atoms. The highest BCUT2D eigenvalue weighted by Gasteiger charge is 2.61. The van der Waals surface area contributed by atoms with Crippen LogP contribution in [0.25, 0.3) is 0 Å². The molecule has 1 heterocycles. The molecule has 0 aromatic heterocycles. The number of aliphatic hydroxyl groups excluding tert-OH is 1. The third-order valence-corrected chi connectivity index (χ3v) is 4.64. The second-order valence-corrected chi connectivity index (χ2v) is 7.40. The molecule has 0 aliphatic carbocycles. The Morgan fingerprint density at radius 2 is 1.88 bits per heavy atom. The Morgan fingerprint density at radius 1 is 1.33 bits per heavy atom. The summed E-state index contributed by atoms with van der Waals surface area (Å²) in [5.74, 6) is -0.620. The van der Waals surface area contributed by atoms with Gasteiger partial charge in [-0.15, -0.1) is 6.58 Å². The molecular weight excluding hydrogens is 304 g/mol. The molecule has 1 aliphatic heterocycles. The number of hydrogen-bond donors (Lipinski definition) is 1. The number of hydrogen-bond acceptors (Lipinski definition) is 3. The van der Waals surface area contributed by atoms with Gasteiger partial charge in [-0.1, -0.05) is 45.0 Å². The van der Waals surface area contributed by atoms with Gasteiger partial charge in [0.05, 0.1) is 6.10 Å². The molecule has 1 aliphatic rings. The molecule has 2 rings (SSSR count). The molecule has 1 aromatic carbocycles. The van der Waals surface area contributed by atoms with Crippen LogP contribution in [-0.2, 0) is 4.79 Å². The van der Waals surface area contributed by atoms with Crippen molar-refractivity contribution >= 4 is 11.8 Å². The largest absolute Gasteiger partial charge is 0.390 e. The fourth-order valence-electron chi connectivity index (χ4n) is 3.58. The fraction of sp³-hybridized carbons (Fsp3) is 0.474. The van der Waals surface area contributed by atoms with E-state index in [9.17, 15) is 14.7 Å². The zero-order valence-electron chi connectivity index (χ0n) is 15.0. The van der Waals surface area contributed by atoms with Crippen LogP contribution < -0.4 is 0 Å². The summed E-state index contributed by atoms with van der Waals surface area (Å²) >= 11 is 0. The van der Waals surface area contributed by atoms with E-state index < -0.39 is 23.2 Å². The summed E-state index contributed by atoms with van der Waals surface area (Å²) in [4.78, 5) is 29.3. The maximum absolute atomic E-state index is 13.3. The molecule has 1 fully saturated rings. The van der Waals surface area contributed by atoms with E-state index >= 15 is 0 Å². The molecule has 1 aromatic rings. The molecule has 5 heteroatoms. The minimum Gasteiger partial charge on any atom is -0.390 e. The maximum atomic E-state index is 13.3. The number of carbonyl (C=O) groups excluding carboxylic acids is 2. The molecular formula is C19H26N2O3. The Balaban J connectivity index is 2.69. The quantitative estimate of drug-likeness (QED) is 0.865. The van der Waals surface area contributed by atoms with Crippen LogP contribution in [0.5, 0.6) is 0 Å². The van der Waals surface area contributed by atoms with Gasteiger partial charge in [0.1, 0.15) is 6.17 Å². The van der Waals surface area contributed by atoms with Crippen LogP contribution in [0.4, 0.5) is 0 Å². The van der Waals surface area contributed by atoms with Gasteiger partial charge in [0.2, 0.25) is 0 Å². The van der Waals surface area contributed by atoms with E-state index in [0.717, 1.165) is 0 Å². The van der Waals surface area contributed by atoms with E-state index in [1.165, 1.54) is 22.8 Å². The van der Waals surface area contributed by atoms with Gasteiger partial charge < -0.3 is 10.0 Å². The van der Waals surface area contributed by atoms with Crippen molar-refractivity contribution in [3.63, 3.8) is 0 Å². The standard InChI is InChI=1S/C19H26N2O3/c1-7-19(13(2)22)17(24)20(6)16(18(3,4)5)21(19)15(23)14-11-9-8-10-12-14/h7-13,16,22H,1H2,2-6H3/t13?,16-,19-/m0/s1. The van der Waals surface area contributed by atoms with Crippen molar-refractivity contribution in [1.82, 2.24) is 9.80 Å². The van der Waals surface area contributed by atoms with Gasteiger partial charge in [0.15, 0.2) is 5.54 Å². The van der Waals surface area contributed by atoms with Crippen LogP contribution >= 0.6 is 0 Å². The van der Waals surface area contributed by atoms with Gasteiger partial charge in [-0.2, -0.15) is 0 Å². The van der Waals surface area contributed by atoms with E-state index in [4.69, 9.17) is 0 Å². The second-order valence-electron chi connectivity index (χ2n) is 7.40. The smallest absolute Gasteiger partial charge is 0.256 e. The highest BCUT2D eigenvalue weighted by Crippen LogP contribution is 2.42. The average molecular weight is 330 g/mol. The molecule has 0 spiro atoms. The number of carbonyl (C=O) groups is 2. The summed E-state index contributed by atoms with van der Waals surface area (Å²) in [6.45, 7) is 11.2. The summed E-state index contributed by atoms with van der Waals surface area (Å²) in [6, 6.07) is 8.80. The number of benzene rings is 1. The zero-order valence-corrected chi connectivity index (χ0v) is 15.0. The molecule has 2 amide bonds. The molecule has 3 atom stereocenters. The molecule has 1 saturated heterocycles. The van der Waals surface area contributed by atoms with E-state index in [0.29, 0.717) is 5.56 Å². The third kappa shape index (κ3) is 2.53. The summed E-state index contributed by atoms with van der Waals surface area (Å²) in [6.07, 6.45) is -0.182.